The Hall–Kier alpha value is -2.99. The van der Waals surface area contributed by atoms with Gasteiger partial charge < -0.3 is 10.0 Å². The van der Waals surface area contributed by atoms with E-state index in [0.717, 1.165) is 28.9 Å². The fourth-order valence-electron chi connectivity index (χ4n) is 5.20. The SMILES string of the molecule is CC[C@@H](O)C1CCN(C(=O)C[C@]2(c3ccc(-c4ccccc4)cc3)CC(=O)N(C)C2=O)CC1. The lowest BCUT2D eigenvalue weighted by Crippen LogP contribution is -2.46. The quantitative estimate of drug-likeness (QED) is 0.688. The second-order valence-electron chi connectivity index (χ2n) is 9.33. The number of likely N-dealkylation sites (N-methyl/N-ethyl adjacent to an activating group) is 1. The van der Waals surface area contributed by atoms with Crippen LogP contribution in [0.1, 0.15) is 44.6 Å². The van der Waals surface area contributed by atoms with Crippen molar-refractivity contribution in [3.05, 3.63) is 60.2 Å². The average molecular weight is 449 g/mol. The number of likely N-dealkylation sites (tertiary alicyclic amines) is 2. The van der Waals surface area contributed by atoms with Crippen LogP contribution in [0.3, 0.4) is 0 Å². The van der Waals surface area contributed by atoms with E-state index in [0.29, 0.717) is 25.1 Å². The van der Waals surface area contributed by atoms with E-state index < -0.39 is 5.41 Å². The van der Waals surface area contributed by atoms with Crippen LogP contribution >= 0.6 is 0 Å². The second-order valence-corrected chi connectivity index (χ2v) is 9.33. The largest absolute Gasteiger partial charge is 0.393 e. The molecule has 4 rings (SSSR count). The first-order valence-electron chi connectivity index (χ1n) is 11.8. The molecule has 2 saturated heterocycles. The minimum atomic E-state index is -1.17. The summed E-state index contributed by atoms with van der Waals surface area (Å²) in [6.45, 7) is 3.11. The third-order valence-electron chi connectivity index (χ3n) is 7.39. The van der Waals surface area contributed by atoms with Gasteiger partial charge in [-0.15, -0.1) is 0 Å². The molecule has 1 N–H and O–H groups in total. The summed E-state index contributed by atoms with van der Waals surface area (Å²) in [4.78, 5) is 42.1. The topological polar surface area (TPSA) is 77.9 Å². The first-order valence-corrected chi connectivity index (χ1v) is 11.8. The van der Waals surface area contributed by atoms with E-state index >= 15 is 0 Å². The number of hydrogen-bond donors (Lipinski definition) is 1. The summed E-state index contributed by atoms with van der Waals surface area (Å²) < 4.78 is 0. The van der Waals surface area contributed by atoms with Crippen molar-refractivity contribution in [2.75, 3.05) is 20.1 Å². The lowest BCUT2D eigenvalue weighted by molar-refractivity contribution is -0.142. The molecule has 2 fully saturated rings. The van der Waals surface area contributed by atoms with Gasteiger partial charge in [0.05, 0.1) is 11.5 Å². The molecular formula is C27H32N2O4. The van der Waals surface area contributed by atoms with E-state index in [2.05, 4.69) is 0 Å². The zero-order chi connectivity index (χ0) is 23.6. The predicted molar refractivity (Wildman–Crippen MR) is 126 cm³/mol. The van der Waals surface area contributed by atoms with E-state index in [1.54, 1.807) is 4.90 Å². The van der Waals surface area contributed by atoms with Crippen molar-refractivity contribution in [1.82, 2.24) is 9.80 Å². The summed E-state index contributed by atoms with van der Waals surface area (Å²) >= 11 is 0. The van der Waals surface area contributed by atoms with Crippen LogP contribution in [0.25, 0.3) is 11.1 Å². The number of nitrogens with zero attached hydrogens (tertiary/aromatic N) is 2. The summed E-state index contributed by atoms with van der Waals surface area (Å²) in [5, 5.41) is 10.1. The zero-order valence-corrected chi connectivity index (χ0v) is 19.4. The van der Waals surface area contributed by atoms with Gasteiger partial charge in [-0.05, 0) is 41.9 Å². The van der Waals surface area contributed by atoms with E-state index in [4.69, 9.17) is 0 Å². The van der Waals surface area contributed by atoms with Crippen LogP contribution in [0.4, 0.5) is 0 Å². The highest BCUT2D eigenvalue weighted by atomic mass is 16.3. The van der Waals surface area contributed by atoms with Crippen LogP contribution in [-0.2, 0) is 19.8 Å². The number of aliphatic hydroxyl groups is 1. The molecule has 0 aromatic heterocycles. The molecule has 2 aromatic rings. The van der Waals surface area contributed by atoms with Crippen molar-refractivity contribution in [3.8, 4) is 11.1 Å². The lowest BCUT2D eigenvalue weighted by atomic mass is 9.75. The number of aliphatic hydroxyl groups excluding tert-OH is 1. The molecule has 6 heteroatoms. The van der Waals surface area contributed by atoms with E-state index in [1.807, 2.05) is 61.5 Å². The van der Waals surface area contributed by atoms with Crippen molar-refractivity contribution >= 4 is 17.7 Å². The molecule has 0 bridgehead atoms. The molecular weight excluding hydrogens is 416 g/mol. The predicted octanol–water partition coefficient (Wildman–Crippen LogP) is 3.38. The number of imide groups is 1. The number of carbonyl (C=O) groups is 3. The monoisotopic (exact) mass is 448 g/mol. The average Bonchev–Trinajstić information content (AvgIpc) is 3.08. The van der Waals surface area contributed by atoms with Gasteiger partial charge in [0.2, 0.25) is 17.7 Å². The Kier molecular flexibility index (Phi) is 6.66. The number of hydrogen-bond acceptors (Lipinski definition) is 4. The van der Waals surface area contributed by atoms with Crippen LogP contribution in [0.2, 0.25) is 0 Å². The van der Waals surface area contributed by atoms with Gasteiger partial charge in [0.1, 0.15) is 0 Å². The Bertz CT molecular complexity index is 1010. The molecule has 2 heterocycles. The molecule has 2 atom stereocenters. The fraction of sp³-hybridized carbons (Fsp3) is 0.444. The molecule has 174 valence electrons. The summed E-state index contributed by atoms with van der Waals surface area (Å²) in [5.41, 5.74) is 1.62. The van der Waals surface area contributed by atoms with Gasteiger partial charge in [0.15, 0.2) is 0 Å². The summed E-state index contributed by atoms with van der Waals surface area (Å²) in [7, 11) is 1.49. The molecule has 2 aliphatic heterocycles. The van der Waals surface area contributed by atoms with E-state index in [-0.39, 0.29) is 42.6 Å². The molecule has 0 unspecified atom stereocenters. The molecule has 0 saturated carbocycles. The Labute approximate surface area is 195 Å². The molecule has 0 radical (unpaired) electrons. The maximum atomic E-state index is 13.3. The Morgan fingerprint density at radius 2 is 1.64 bits per heavy atom. The number of piperidine rings is 1. The van der Waals surface area contributed by atoms with E-state index in [9.17, 15) is 19.5 Å². The second kappa shape index (κ2) is 9.48. The maximum absolute atomic E-state index is 13.3. The van der Waals surface area contributed by atoms with Gasteiger partial charge in [0.25, 0.3) is 0 Å². The highest BCUT2D eigenvalue weighted by molar-refractivity contribution is 6.10. The maximum Gasteiger partial charge on any atom is 0.240 e. The molecule has 0 aliphatic carbocycles. The molecule has 2 aromatic carbocycles. The fourth-order valence-corrected chi connectivity index (χ4v) is 5.20. The van der Waals surface area contributed by atoms with E-state index in [1.165, 1.54) is 7.05 Å². The number of rotatable bonds is 6. The van der Waals surface area contributed by atoms with Gasteiger partial charge >= 0.3 is 0 Å². The molecule has 3 amide bonds. The molecule has 33 heavy (non-hydrogen) atoms. The number of benzene rings is 2. The summed E-state index contributed by atoms with van der Waals surface area (Å²) in [6.07, 6.45) is 1.87. The Morgan fingerprint density at radius 3 is 2.18 bits per heavy atom. The number of amides is 3. The lowest BCUT2D eigenvalue weighted by Gasteiger charge is -2.36. The van der Waals surface area contributed by atoms with Gasteiger partial charge in [-0.3, -0.25) is 19.3 Å². The molecule has 2 aliphatic rings. The summed E-state index contributed by atoms with van der Waals surface area (Å²) in [6, 6.07) is 17.6. The van der Waals surface area contributed by atoms with Crippen LogP contribution in [0, 0.1) is 5.92 Å². The van der Waals surface area contributed by atoms with Gasteiger partial charge in [-0.2, -0.15) is 0 Å². The first kappa shape index (κ1) is 23.2. The van der Waals surface area contributed by atoms with Gasteiger partial charge in [0, 0.05) is 33.0 Å². The molecule has 6 nitrogen and oxygen atoms in total. The van der Waals surface area contributed by atoms with Crippen molar-refractivity contribution in [1.29, 1.82) is 0 Å². The van der Waals surface area contributed by atoms with Gasteiger partial charge in [-0.25, -0.2) is 0 Å². The highest BCUT2D eigenvalue weighted by Gasteiger charge is 2.53. The van der Waals surface area contributed by atoms with Crippen LogP contribution < -0.4 is 0 Å². The Morgan fingerprint density at radius 1 is 1.03 bits per heavy atom. The van der Waals surface area contributed by atoms with Gasteiger partial charge in [-0.1, -0.05) is 61.5 Å². The zero-order valence-electron chi connectivity index (χ0n) is 19.4. The van der Waals surface area contributed by atoms with Crippen molar-refractivity contribution in [2.24, 2.45) is 5.92 Å². The smallest absolute Gasteiger partial charge is 0.240 e. The normalized spacial score (nSPS) is 22.6. The summed E-state index contributed by atoms with van der Waals surface area (Å²) in [5.74, 6) is -0.475. The number of carbonyl (C=O) groups excluding carboxylic acids is 3. The van der Waals surface area contributed by atoms with Crippen LogP contribution in [0.15, 0.2) is 54.6 Å². The van der Waals surface area contributed by atoms with Crippen molar-refractivity contribution in [3.63, 3.8) is 0 Å². The highest BCUT2D eigenvalue weighted by Crippen LogP contribution is 2.41. The minimum Gasteiger partial charge on any atom is -0.393 e. The standard InChI is InChI=1S/C27H32N2O4/c1-3-23(30)21-13-15-29(16-14-21)25(32)18-27(17-24(31)28(2)26(27)33)22-11-9-20(10-12-22)19-7-5-4-6-8-19/h4-12,21,23,30H,3,13-18H2,1-2H3/t23-,27+/m1/s1. The van der Waals surface area contributed by atoms with Crippen molar-refractivity contribution in [2.45, 2.75) is 50.5 Å². The third kappa shape index (κ3) is 4.44. The van der Waals surface area contributed by atoms with Crippen LogP contribution in [-0.4, -0.2) is 58.9 Å². The first-order chi connectivity index (χ1) is 15.9. The minimum absolute atomic E-state index is 0.00374. The van der Waals surface area contributed by atoms with Crippen LogP contribution in [0.5, 0.6) is 0 Å². The van der Waals surface area contributed by atoms with Crippen molar-refractivity contribution < 1.29 is 19.5 Å². The third-order valence-corrected chi connectivity index (χ3v) is 7.39. The molecule has 0 spiro atoms. The Balaban J connectivity index is 1.57.